The van der Waals surface area contributed by atoms with Crippen LogP contribution in [0.5, 0.6) is 0 Å². The van der Waals surface area contributed by atoms with Crippen LogP contribution in [0.4, 0.5) is 4.39 Å². The molecule has 1 amide bonds. The standard InChI is InChI=1S/C14H15FN4O/c1-9(2)12-7-13(18-17-12)14(20)19-16-8-10-3-5-11(15)6-4-10/h3-9H,1-2H3,(H,17,18)(H,19,20). The molecule has 0 atom stereocenters. The van der Waals surface area contributed by atoms with Gasteiger partial charge in [0.1, 0.15) is 5.82 Å². The van der Waals surface area contributed by atoms with Gasteiger partial charge in [0, 0.05) is 5.69 Å². The molecule has 20 heavy (non-hydrogen) atoms. The van der Waals surface area contributed by atoms with Crippen molar-refractivity contribution in [2.75, 3.05) is 0 Å². The first-order valence-corrected chi connectivity index (χ1v) is 6.20. The summed E-state index contributed by atoms with van der Waals surface area (Å²) in [5, 5.41) is 10.5. The van der Waals surface area contributed by atoms with Crippen molar-refractivity contribution in [3.63, 3.8) is 0 Å². The lowest BCUT2D eigenvalue weighted by Gasteiger charge is -1.97. The van der Waals surface area contributed by atoms with E-state index in [0.717, 1.165) is 5.69 Å². The van der Waals surface area contributed by atoms with Gasteiger partial charge >= 0.3 is 0 Å². The minimum absolute atomic E-state index is 0.270. The van der Waals surface area contributed by atoms with Crippen molar-refractivity contribution in [2.24, 2.45) is 5.10 Å². The number of carbonyl (C=O) groups is 1. The van der Waals surface area contributed by atoms with Crippen molar-refractivity contribution in [1.82, 2.24) is 15.6 Å². The van der Waals surface area contributed by atoms with Crippen molar-refractivity contribution in [2.45, 2.75) is 19.8 Å². The summed E-state index contributed by atoms with van der Waals surface area (Å²) in [6.07, 6.45) is 1.44. The van der Waals surface area contributed by atoms with Gasteiger partial charge in [0.15, 0.2) is 5.69 Å². The molecular weight excluding hydrogens is 259 g/mol. The zero-order chi connectivity index (χ0) is 14.5. The molecule has 0 unspecified atom stereocenters. The van der Waals surface area contributed by atoms with Crippen LogP contribution in [0.1, 0.15) is 41.5 Å². The van der Waals surface area contributed by atoms with Crippen LogP contribution in [0.3, 0.4) is 0 Å². The zero-order valence-corrected chi connectivity index (χ0v) is 11.2. The summed E-state index contributed by atoms with van der Waals surface area (Å²) in [6, 6.07) is 7.47. The second-order valence-corrected chi connectivity index (χ2v) is 4.61. The number of aromatic amines is 1. The maximum atomic E-state index is 12.7. The highest BCUT2D eigenvalue weighted by atomic mass is 19.1. The number of hydrogen-bond acceptors (Lipinski definition) is 3. The van der Waals surface area contributed by atoms with Crippen LogP contribution >= 0.6 is 0 Å². The Labute approximate surface area is 115 Å². The van der Waals surface area contributed by atoms with Gasteiger partial charge in [-0.2, -0.15) is 10.2 Å². The second kappa shape index (κ2) is 6.10. The molecule has 0 bridgehead atoms. The summed E-state index contributed by atoms with van der Waals surface area (Å²) in [5.41, 5.74) is 4.23. The molecule has 5 nitrogen and oxygen atoms in total. The van der Waals surface area contributed by atoms with E-state index in [-0.39, 0.29) is 17.4 Å². The van der Waals surface area contributed by atoms with Gasteiger partial charge in [-0.3, -0.25) is 9.89 Å². The largest absolute Gasteiger partial charge is 0.291 e. The lowest BCUT2D eigenvalue weighted by molar-refractivity contribution is 0.0950. The summed E-state index contributed by atoms with van der Waals surface area (Å²) in [6.45, 7) is 4.00. The number of nitrogens with one attached hydrogen (secondary N) is 2. The minimum Gasteiger partial charge on any atom is -0.282 e. The number of rotatable bonds is 4. The summed E-state index contributed by atoms with van der Waals surface area (Å²) < 4.78 is 12.7. The Kier molecular flexibility index (Phi) is 4.24. The lowest BCUT2D eigenvalue weighted by atomic mass is 10.1. The normalized spacial score (nSPS) is 11.2. The maximum absolute atomic E-state index is 12.7. The van der Waals surface area contributed by atoms with Crippen LogP contribution in [-0.2, 0) is 0 Å². The van der Waals surface area contributed by atoms with Gasteiger partial charge in [-0.25, -0.2) is 9.82 Å². The van der Waals surface area contributed by atoms with Crippen LogP contribution < -0.4 is 5.43 Å². The third-order valence-electron chi connectivity index (χ3n) is 2.70. The monoisotopic (exact) mass is 274 g/mol. The predicted molar refractivity (Wildman–Crippen MR) is 74.1 cm³/mol. The van der Waals surface area contributed by atoms with Gasteiger partial charge in [0.05, 0.1) is 6.21 Å². The molecule has 0 saturated heterocycles. The summed E-state index contributed by atoms with van der Waals surface area (Å²) in [4.78, 5) is 11.8. The van der Waals surface area contributed by atoms with Crippen LogP contribution in [0.15, 0.2) is 35.4 Å². The predicted octanol–water partition coefficient (Wildman–Crippen LogP) is 2.44. The molecule has 1 heterocycles. The van der Waals surface area contributed by atoms with Gasteiger partial charge in [-0.1, -0.05) is 26.0 Å². The zero-order valence-electron chi connectivity index (χ0n) is 11.2. The van der Waals surface area contributed by atoms with Crippen molar-refractivity contribution in [3.8, 4) is 0 Å². The van der Waals surface area contributed by atoms with Crippen LogP contribution in [0, 0.1) is 5.82 Å². The number of aromatic nitrogens is 2. The summed E-state index contributed by atoms with van der Waals surface area (Å²) in [5.74, 6) is -0.442. The Morgan fingerprint density at radius 1 is 1.40 bits per heavy atom. The number of hydrazone groups is 1. The van der Waals surface area contributed by atoms with Gasteiger partial charge in [-0.05, 0) is 29.7 Å². The molecule has 0 aliphatic carbocycles. The molecular formula is C14H15FN4O. The molecule has 0 aliphatic heterocycles. The lowest BCUT2D eigenvalue weighted by Crippen LogP contribution is -2.18. The highest BCUT2D eigenvalue weighted by Gasteiger charge is 2.10. The number of hydrogen-bond donors (Lipinski definition) is 2. The fourth-order valence-electron chi connectivity index (χ4n) is 1.52. The van der Waals surface area contributed by atoms with Gasteiger partial charge in [0.25, 0.3) is 5.91 Å². The highest BCUT2D eigenvalue weighted by Crippen LogP contribution is 2.11. The van der Waals surface area contributed by atoms with E-state index in [1.54, 1.807) is 18.2 Å². The average Bonchev–Trinajstić information content (AvgIpc) is 2.91. The summed E-state index contributed by atoms with van der Waals surface area (Å²) >= 11 is 0. The molecule has 1 aromatic heterocycles. The topological polar surface area (TPSA) is 70.1 Å². The smallest absolute Gasteiger partial charge is 0.282 e. The van der Waals surface area contributed by atoms with Crippen molar-refractivity contribution in [3.05, 3.63) is 53.1 Å². The van der Waals surface area contributed by atoms with E-state index in [9.17, 15) is 9.18 Å². The first-order chi connectivity index (χ1) is 9.56. The van der Waals surface area contributed by atoms with Crippen molar-refractivity contribution < 1.29 is 9.18 Å². The van der Waals surface area contributed by atoms with Crippen molar-refractivity contribution in [1.29, 1.82) is 0 Å². The fourth-order valence-corrected chi connectivity index (χ4v) is 1.52. The Morgan fingerprint density at radius 3 is 2.70 bits per heavy atom. The summed E-state index contributed by atoms with van der Waals surface area (Å²) in [7, 11) is 0. The number of benzene rings is 1. The van der Waals surface area contributed by atoms with Gasteiger partial charge < -0.3 is 0 Å². The number of amides is 1. The quantitative estimate of drug-likeness (QED) is 0.664. The van der Waals surface area contributed by atoms with E-state index in [1.807, 2.05) is 13.8 Å². The number of halogens is 1. The molecule has 104 valence electrons. The Balaban J connectivity index is 1.95. The van der Waals surface area contributed by atoms with Gasteiger partial charge in [0.2, 0.25) is 0 Å². The maximum Gasteiger partial charge on any atom is 0.291 e. The minimum atomic E-state index is -0.397. The first-order valence-electron chi connectivity index (χ1n) is 6.20. The molecule has 2 N–H and O–H groups in total. The average molecular weight is 274 g/mol. The molecule has 0 spiro atoms. The highest BCUT2D eigenvalue weighted by molar-refractivity contribution is 5.93. The SMILES string of the molecule is CC(C)c1cc(C(=O)NN=Cc2ccc(F)cc2)n[nH]1. The van der Waals surface area contributed by atoms with E-state index in [1.165, 1.54) is 18.3 Å². The molecule has 2 aromatic rings. The van der Waals surface area contributed by atoms with E-state index >= 15 is 0 Å². The van der Waals surface area contributed by atoms with Gasteiger partial charge in [-0.15, -0.1) is 0 Å². The molecule has 0 radical (unpaired) electrons. The van der Waals surface area contributed by atoms with E-state index in [4.69, 9.17) is 0 Å². The van der Waals surface area contributed by atoms with E-state index < -0.39 is 5.91 Å². The molecule has 2 rings (SSSR count). The molecule has 0 fully saturated rings. The van der Waals surface area contributed by atoms with Crippen LogP contribution in [-0.4, -0.2) is 22.3 Å². The fraction of sp³-hybridized carbons (Fsp3) is 0.214. The first kappa shape index (κ1) is 13.9. The molecule has 1 aromatic carbocycles. The van der Waals surface area contributed by atoms with E-state index in [0.29, 0.717) is 5.56 Å². The second-order valence-electron chi connectivity index (χ2n) is 4.61. The Bertz CT molecular complexity index is 616. The molecule has 0 aliphatic rings. The number of nitrogens with zero attached hydrogens (tertiary/aromatic N) is 2. The van der Waals surface area contributed by atoms with E-state index in [2.05, 4.69) is 20.7 Å². The Morgan fingerprint density at radius 2 is 2.10 bits per heavy atom. The third-order valence-corrected chi connectivity index (χ3v) is 2.70. The number of H-pyrrole nitrogens is 1. The molecule has 0 saturated carbocycles. The van der Waals surface area contributed by atoms with Crippen LogP contribution in [0.25, 0.3) is 0 Å². The number of carbonyl (C=O) groups excluding carboxylic acids is 1. The third kappa shape index (κ3) is 3.50. The molecule has 6 heteroatoms. The Hall–Kier alpha value is -2.50. The van der Waals surface area contributed by atoms with Crippen LogP contribution in [0.2, 0.25) is 0 Å². The van der Waals surface area contributed by atoms with Crippen molar-refractivity contribution >= 4 is 12.1 Å².